The van der Waals surface area contributed by atoms with Gasteiger partial charge in [-0.25, -0.2) is 5.01 Å². The summed E-state index contributed by atoms with van der Waals surface area (Å²) in [5.41, 5.74) is -1.20. The molecule has 0 aliphatic carbocycles. The first kappa shape index (κ1) is 23.3. The molecule has 1 N–H and O–H groups in total. The minimum Gasteiger partial charge on any atom is -0.324 e. The minimum absolute atomic E-state index is 0.0268. The monoisotopic (exact) mass is 457 g/mol. The van der Waals surface area contributed by atoms with Crippen molar-refractivity contribution in [3.05, 3.63) is 65.2 Å². The number of nitrogens with zero attached hydrogens (tertiary/aromatic N) is 2. The van der Waals surface area contributed by atoms with Crippen LogP contribution in [-0.2, 0) is 21.9 Å². The molecule has 1 atom stereocenters. The fourth-order valence-corrected chi connectivity index (χ4v) is 3.06. The van der Waals surface area contributed by atoms with Crippen molar-refractivity contribution in [1.82, 2.24) is 5.01 Å². The van der Waals surface area contributed by atoms with Gasteiger partial charge in [0.25, 0.3) is 0 Å². The molecule has 11 heteroatoms. The number of benzene rings is 2. The van der Waals surface area contributed by atoms with Crippen molar-refractivity contribution in [3.63, 3.8) is 0 Å². The minimum atomic E-state index is -4.59. The van der Waals surface area contributed by atoms with Gasteiger partial charge >= 0.3 is 12.4 Å². The Kier molecular flexibility index (Phi) is 6.29. The Balaban J connectivity index is 1.78. The molecule has 1 heterocycles. The maximum atomic E-state index is 12.9. The van der Waals surface area contributed by atoms with Crippen LogP contribution in [0.15, 0.2) is 53.6 Å². The fraction of sp³-hybridized carbons (Fsp3) is 0.286. The van der Waals surface area contributed by atoms with Crippen molar-refractivity contribution in [2.24, 2.45) is 5.10 Å². The van der Waals surface area contributed by atoms with Crippen LogP contribution < -0.4 is 5.32 Å². The van der Waals surface area contributed by atoms with Crippen LogP contribution in [0.3, 0.4) is 0 Å². The van der Waals surface area contributed by atoms with Gasteiger partial charge in [0.1, 0.15) is 6.04 Å². The van der Waals surface area contributed by atoms with Crippen molar-refractivity contribution in [2.45, 2.75) is 38.2 Å². The Bertz CT molecular complexity index is 1040. The van der Waals surface area contributed by atoms with E-state index in [1.165, 1.54) is 25.1 Å². The number of carbonyl (C=O) groups excluding carboxylic acids is 2. The summed E-state index contributed by atoms with van der Waals surface area (Å²) in [5.74, 6) is -1.26. The van der Waals surface area contributed by atoms with Crippen LogP contribution in [0.1, 0.15) is 36.5 Å². The second-order valence-electron chi connectivity index (χ2n) is 7.10. The lowest BCUT2D eigenvalue weighted by molar-refractivity contribution is -0.138. The molecular weight excluding hydrogens is 440 g/mol. The van der Waals surface area contributed by atoms with Gasteiger partial charge in [0.15, 0.2) is 0 Å². The lowest BCUT2D eigenvalue weighted by Crippen LogP contribution is -2.45. The van der Waals surface area contributed by atoms with Crippen LogP contribution in [-0.4, -0.2) is 28.6 Å². The molecule has 3 rings (SSSR count). The average molecular weight is 457 g/mol. The molecule has 0 spiro atoms. The maximum Gasteiger partial charge on any atom is 0.416 e. The van der Waals surface area contributed by atoms with E-state index in [0.29, 0.717) is 11.3 Å². The highest BCUT2D eigenvalue weighted by molar-refractivity contribution is 6.05. The first-order valence-electron chi connectivity index (χ1n) is 9.41. The fourth-order valence-electron chi connectivity index (χ4n) is 3.06. The Labute approximate surface area is 178 Å². The second-order valence-corrected chi connectivity index (χ2v) is 7.10. The van der Waals surface area contributed by atoms with E-state index in [1.54, 1.807) is 0 Å². The number of nitrogens with one attached hydrogen (secondary N) is 1. The zero-order valence-electron chi connectivity index (χ0n) is 16.6. The largest absolute Gasteiger partial charge is 0.416 e. The summed E-state index contributed by atoms with van der Waals surface area (Å²) < 4.78 is 76.8. The van der Waals surface area contributed by atoms with Gasteiger partial charge < -0.3 is 5.32 Å². The van der Waals surface area contributed by atoms with E-state index in [0.717, 1.165) is 35.3 Å². The van der Waals surface area contributed by atoms with Gasteiger partial charge in [-0.3, -0.25) is 9.59 Å². The van der Waals surface area contributed by atoms with Gasteiger partial charge in [0, 0.05) is 18.5 Å². The summed E-state index contributed by atoms with van der Waals surface area (Å²) in [6, 6.07) is 7.09. The van der Waals surface area contributed by atoms with Crippen molar-refractivity contribution < 1.29 is 35.9 Å². The zero-order chi connectivity index (χ0) is 23.7. The summed E-state index contributed by atoms with van der Waals surface area (Å²) in [5, 5.41) is 7.33. The smallest absolute Gasteiger partial charge is 0.324 e. The second kappa shape index (κ2) is 8.64. The number of halogens is 6. The van der Waals surface area contributed by atoms with Crippen molar-refractivity contribution in [2.75, 3.05) is 5.32 Å². The molecule has 0 radical (unpaired) electrons. The Morgan fingerprint density at radius 1 is 0.969 bits per heavy atom. The maximum absolute atomic E-state index is 12.9. The molecular formula is C21H17F6N3O2. The van der Waals surface area contributed by atoms with Crippen LogP contribution >= 0.6 is 0 Å². The highest BCUT2D eigenvalue weighted by atomic mass is 19.4. The summed E-state index contributed by atoms with van der Waals surface area (Å²) in [7, 11) is 0. The summed E-state index contributed by atoms with van der Waals surface area (Å²) >= 11 is 0. The number of hydrazone groups is 1. The predicted molar refractivity (Wildman–Crippen MR) is 104 cm³/mol. The van der Waals surface area contributed by atoms with Gasteiger partial charge in [0.05, 0.1) is 16.8 Å². The third-order valence-electron chi connectivity index (χ3n) is 4.81. The molecule has 1 aliphatic heterocycles. The van der Waals surface area contributed by atoms with Crippen LogP contribution in [0.25, 0.3) is 0 Å². The highest BCUT2D eigenvalue weighted by Crippen LogP contribution is 2.31. The van der Waals surface area contributed by atoms with Gasteiger partial charge in [-0.05, 0) is 42.8 Å². The molecule has 0 saturated carbocycles. The molecule has 0 bridgehead atoms. The van der Waals surface area contributed by atoms with E-state index in [2.05, 4.69) is 10.4 Å². The SMILES string of the molecule is CC(C(=O)Nc1cccc(C(F)(F)F)c1)N1N=C(c2ccc(C(F)(F)F)cc2)CCC1=O. The van der Waals surface area contributed by atoms with E-state index in [-0.39, 0.29) is 18.5 Å². The molecule has 0 saturated heterocycles. The number of amides is 2. The molecule has 2 aromatic carbocycles. The lowest BCUT2D eigenvalue weighted by Gasteiger charge is -2.28. The molecule has 2 amide bonds. The van der Waals surface area contributed by atoms with Crippen molar-refractivity contribution in [3.8, 4) is 0 Å². The number of hydrogen-bond donors (Lipinski definition) is 1. The van der Waals surface area contributed by atoms with Gasteiger partial charge in [-0.1, -0.05) is 18.2 Å². The van der Waals surface area contributed by atoms with Gasteiger partial charge in [0.2, 0.25) is 11.8 Å². The highest BCUT2D eigenvalue weighted by Gasteiger charge is 2.33. The summed E-state index contributed by atoms with van der Waals surface area (Å²) in [6.45, 7) is 1.35. The number of alkyl halides is 6. The summed E-state index contributed by atoms with van der Waals surface area (Å²) in [6.07, 6.45) is -8.94. The first-order valence-corrected chi connectivity index (χ1v) is 9.41. The van der Waals surface area contributed by atoms with E-state index < -0.39 is 41.3 Å². The van der Waals surface area contributed by atoms with Crippen LogP contribution in [0.4, 0.5) is 32.0 Å². The topological polar surface area (TPSA) is 61.8 Å². The van der Waals surface area contributed by atoms with Crippen LogP contribution in [0.2, 0.25) is 0 Å². The molecule has 170 valence electrons. The Morgan fingerprint density at radius 3 is 2.19 bits per heavy atom. The number of anilines is 1. The summed E-state index contributed by atoms with van der Waals surface area (Å²) in [4.78, 5) is 24.8. The van der Waals surface area contributed by atoms with Crippen molar-refractivity contribution >= 4 is 23.2 Å². The van der Waals surface area contributed by atoms with Crippen molar-refractivity contribution in [1.29, 1.82) is 0 Å². The standard InChI is InChI=1S/C21H17F6N3O2/c1-12(19(32)28-16-4-2-3-15(11-16)21(25,26)27)30-18(31)10-9-17(29-30)13-5-7-14(8-6-13)20(22,23)24/h2-8,11-12H,9-10H2,1H3,(H,28,32). The Morgan fingerprint density at radius 2 is 1.59 bits per heavy atom. The molecule has 2 aromatic rings. The first-order chi connectivity index (χ1) is 14.9. The molecule has 1 unspecified atom stereocenters. The van der Waals surface area contributed by atoms with E-state index in [4.69, 9.17) is 0 Å². The zero-order valence-corrected chi connectivity index (χ0v) is 16.6. The third kappa shape index (κ3) is 5.27. The third-order valence-corrected chi connectivity index (χ3v) is 4.81. The molecule has 1 aliphatic rings. The average Bonchev–Trinajstić information content (AvgIpc) is 2.72. The molecule has 0 aromatic heterocycles. The molecule has 5 nitrogen and oxygen atoms in total. The number of carbonyl (C=O) groups is 2. The molecule has 32 heavy (non-hydrogen) atoms. The number of rotatable bonds is 4. The van der Waals surface area contributed by atoms with E-state index >= 15 is 0 Å². The molecule has 0 fully saturated rings. The van der Waals surface area contributed by atoms with Crippen LogP contribution in [0.5, 0.6) is 0 Å². The van der Waals surface area contributed by atoms with E-state index in [9.17, 15) is 35.9 Å². The number of hydrogen-bond acceptors (Lipinski definition) is 3. The quantitative estimate of drug-likeness (QED) is 0.652. The Hall–Kier alpha value is -3.37. The van der Waals surface area contributed by atoms with Gasteiger partial charge in [-0.2, -0.15) is 31.4 Å². The van der Waals surface area contributed by atoms with Gasteiger partial charge in [-0.15, -0.1) is 0 Å². The van der Waals surface area contributed by atoms with E-state index in [1.807, 2.05) is 0 Å². The lowest BCUT2D eigenvalue weighted by atomic mass is 10.0. The predicted octanol–water partition coefficient (Wildman–Crippen LogP) is 5.08. The van der Waals surface area contributed by atoms with Crippen LogP contribution in [0, 0.1) is 0 Å². The normalized spacial score (nSPS) is 15.9.